The molecule has 0 N–H and O–H groups in total. The van der Waals surface area contributed by atoms with Crippen LogP contribution in [0.5, 0.6) is 0 Å². The highest BCUT2D eigenvalue weighted by atomic mass is 35.5. The van der Waals surface area contributed by atoms with E-state index >= 15 is 0 Å². The molecule has 3 rings (SSSR count). The minimum Gasteiger partial charge on any atom is -0.368 e. The molecule has 1 aromatic carbocycles. The number of ketones is 2. The quantitative estimate of drug-likeness (QED) is 0.581. The highest BCUT2D eigenvalue weighted by Gasteiger charge is 2.22. The molecular weight excluding hydrogens is 408 g/mol. The molecule has 1 aliphatic rings. The number of amides is 1. The molecule has 0 radical (unpaired) electrons. The van der Waals surface area contributed by atoms with Gasteiger partial charge in [0.05, 0.1) is 4.88 Å². The van der Waals surface area contributed by atoms with Crippen molar-refractivity contribution in [1.82, 2.24) is 4.90 Å². The number of piperazine rings is 1. The summed E-state index contributed by atoms with van der Waals surface area (Å²) >= 11 is 7.50. The van der Waals surface area contributed by atoms with Gasteiger partial charge in [0.25, 0.3) is 0 Å². The SMILES string of the molecule is Cc1ccc(C(=O)CCC(=O)CCC(=O)N2CCN(c3cccc(Cl)c3)CC2)s1. The monoisotopic (exact) mass is 432 g/mol. The summed E-state index contributed by atoms with van der Waals surface area (Å²) in [6, 6.07) is 11.4. The normalized spacial score (nSPS) is 14.1. The Bertz CT molecular complexity index is 888. The molecule has 2 heterocycles. The summed E-state index contributed by atoms with van der Waals surface area (Å²) < 4.78 is 0. The van der Waals surface area contributed by atoms with Crippen LogP contribution in [0.15, 0.2) is 36.4 Å². The standard InChI is InChI=1S/C22H25ClN2O3S/c1-16-5-9-21(29-16)20(27)8-6-19(26)7-10-22(28)25-13-11-24(12-14-25)18-4-2-3-17(23)15-18/h2-5,9,15H,6-8,10-14H2,1H3. The second kappa shape index (κ2) is 10.0. The number of thiophene rings is 1. The second-order valence-electron chi connectivity index (χ2n) is 7.22. The van der Waals surface area contributed by atoms with Crippen molar-refractivity contribution in [2.45, 2.75) is 32.6 Å². The van der Waals surface area contributed by atoms with Gasteiger partial charge in [0.2, 0.25) is 5.91 Å². The van der Waals surface area contributed by atoms with E-state index in [4.69, 9.17) is 11.6 Å². The first-order valence-electron chi connectivity index (χ1n) is 9.82. The van der Waals surface area contributed by atoms with Crippen LogP contribution in [0, 0.1) is 6.92 Å². The van der Waals surface area contributed by atoms with Crippen LogP contribution in [0.1, 0.15) is 40.2 Å². The minimum atomic E-state index is -0.0301. The minimum absolute atomic E-state index is 0.0000798. The van der Waals surface area contributed by atoms with Gasteiger partial charge < -0.3 is 9.80 Å². The van der Waals surface area contributed by atoms with Crippen LogP contribution in [-0.4, -0.2) is 48.6 Å². The summed E-state index contributed by atoms with van der Waals surface area (Å²) in [5.74, 6) is -0.0262. The van der Waals surface area contributed by atoms with Crippen molar-refractivity contribution < 1.29 is 14.4 Å². The number of benzene rings is 1. The Hall–Kier alpha value is -2.18. The van der Waals surface area contributed by atoms with Crippen LogP contribution in [0.25, 0.3) is 0 Å². The van der Waals surface area contributed by atoms with Gasteiger partial charge in [0.15, 0.2) is 5.78 Å². The number of hydrogen-bond donors (Lipinski definition) is 0. The maximum Gasteiger partial charge on any atom is 0.223 e. The zero-order valence-corrected chi connectivity index (χ0v) is 18.1. The molecule has 0 saturated carbocycles. The molecule has 0 spiro atoms. The van der Waals surface area contributed by atoms with Crippen LogP contribution in [0.2, 0.25) is 5.02 Å². The van der Waals surface area contributed by atoms with Gasteiger partial charge in [-0.25, -0.2) is 0 Å². The van der Waals surface area contributed by atoms with E-state index in [0.29, 0.717) is 23.0 Å². The number of aryl methyl sites for hydroxylation is 1. The van der Waals surface area contributed by atoms with Crippen molar-refractivity contribution in [3.63, 3.8) is 0 Å². The smallest absolute Gasteiger partial charge is 0.223 e. The van der Waals surface area contributed by atoms with E-state index in [0.717, 1.165) is 23.7 Å². The van der Waals surface area contributed by atoms with E-state index in [9.17, 15) is 14.4 Å². The third-order valence-corrected chi connectivity index (χ3v) is 6.35. The Labute approximate surface area is 180 Å². The number of halogens is 1. The third-order valence-electron chi connectivity index (χ3n) is 5.07. The van der Waals surface area contributed by atoms with Gasteiger partial charge in [-0.15, -0.1) is 11.3 Å². The van der Waals surface area contributed by atoms with Crippen molar-refractivity contribution in [3.05, 3.63) is 51.2 Å². The summed E-state index contributed by atoms with van der Waals surface area (Å²) in [6.07, 6.45) is 0.823. The van der Waals surface area contributed by atoms with E-state index < -0.39 is 0 Å². The topological polar surface area (TPSA) is 57.7 Å². The highest BCUT2D eigenvalue weighted by molar-refractivity contribution is 7.14. The number of rotatable bonds is 8. The lowest BCUT2D eigenvalue weighted by Gasteiger charge is -2.36. The van der Waals surface area contributed by atoms with Gasteiger partial charge >= 0.3 is 0 Å². The van der Waals surface area contributed by atoms with Crippen LogP contribution in [0.3, 0.4) is 0 Å². The fraction of sp³-hybridized carbons (Fsp3) is 0.409. The summed E-state index contributed by atoms with van der Waals surface area (Å²) in [6.45, 7) is 4.71. The van der Waals surface area contributed by atoms with Crippen molar-refractivity contribution in [2.75, 3.05) is 31.1 Å². The van der Waals surface area contributed by atoms with Crippen LogP contribution >= 0.6 is 22.9 Å². The molecule has 7 heteroatoms. The van der Waals surface area contributed by atoms with E-state index in [1.165, 1.54) is 11.3 Å². The number of nitrogens with zero attached hydrogens (tertiary/aromatic N) is 2. The lowest BCUT2D eigenvalue weighted by molar-refractivity contribution is -0.133. The molecule has 1 amide bonds. The van der Waals surface area contributed by atoms with E-state index in [-0.39, 0.29) is 43.2 Å². The zero-order chi connectivity index (χ0) is 20.8. The number of anilines is 1. The first-order valence-corrected chi connectivity index (χ1v) is 11.0. The Kier molecular flexibility index (Phi) is 7.45. The molecule has 154 valence electrons. The van der Waals surface area contributed by atoms with Gasteiger partial charge in [-0.05, 0) is 37.3 Å². The van der Waals surface area contributed by atoms with Crippen molar-refractivity contribution in [2.24, 2.45) is 0 Å². The summed E-state index contributed by atoms with van der Waals surface area (Å²) in [5.41, 5.74) is 1.06. The lowest BCUT2D eigenvalue weighted by Crippen LogP contribution is -2.48. The number of carbonyl (C=O) groups excluding carboxylic acids is 3. The van der Waals surface area contributed by atoms with E-state index in [2.05, 4.69) is 4.90 Å². The molecule has 1 aliphatic heterocycles. The van der Waals surface area contributed by atoms with Gasteiger partial charge in [0, 0.05) is 67.4 Å². The Morgan fingerprint density at radius 3 is 2.34 bits per heavy atom. The van der Waals surface area contributed by atoms with Crippen LogP contribution in [-0.2, 0) is 9.59 Å². The lowest BCUT2D eigenvalue weighted by atomic mass is 10.1. The molecular formula is C22H25ClN2O3S. The Morgan fingerprint density at radius 1 is 0.966 bits per heavy atom. The molecule has 1 saturated heterocycles. The van der Waals surface area contributed by atoms with Crippen molar-refractivity contribution in [1.29, 1.82) is 0 Å². The van der Waals surface area contributed by atoms with Gasteiger partial charge in [-0.2, -0.15) is 0 Å². The zero-order valence-electron chi connectivity index (χ0n) is 16.5. The van der Waals surface area contributed by atoms with E-state index in [1.807, 2.05) is 42.2 Å². The number of Topliss-reactive ketones (excluding diaryl/α,β-unsaturated/α-hetero) is 2. The predicted molar refractivity (Wildman–Crippen MR) is 117 cm³/mol. The molecule has 5 nitrogen and oxygen atoms in total. The Morgan fingerprint density at radius 2 is 1.69 bits per heavy atom. The van der Waals surface area contributed by atoms with Gasteiger partial charge in [0.1, 0.15) is 5.78 Å². The first kappa shape index (κ1) is 21.5. The van der Waals surface area contributed by atoms with Crippen molar-refractivity contribution in [3.8, 4) is 0 Å². The molecule has 1 aromatic heterocycles. The second-order valence-corrected chi connectivity index (χ2v) is 8.94. The van der Waals surface area contributed by atoms with Gasteiger partial charge in [-0.3, -0.25) is 14.4 Å². The maximum absolute atomic E-state index is 12.4. The van der Waals surface area contributed by atoms with Gasteiger partial charge in [-0.1, -0.05) is 17.7 Å². The van der Waals surface area contributed by atoms with Crippen LogP contribution in [0.4, 0.5) is 5.69 Å². The number of hydrogen-bond acceptors (Lipinski definition) is 5. The number of carbonyl (C=O) groups is 3. The average molecular weight is 433 g/mol. The molecule has 29 heavy (non-hydrogen) atoms. The fourth-order valence-electron chi connectivity index (χ4n) is 3.38. The average Bonchev–Trinajstić information content (AvgIpc) is 3.16. The molecule has 0 aliphatic carbocycles. The summed E-state index contributed by atoms with van der Waals surface area (Å²) in [7, 11) is 0. The molecule has 0 atom stereocenters. The van der Waals surface area contributed by atoms with Crippen molar-refractivity contribution >= 4 is 46.1 Å². The molecule has 1 fully saturated rings. The van der Waals surface area contributed by atoms with E-state index in [1.54, 1.807) is 6.07 Å². The highest BCUT2D eigenvalue weighted by Crippen LogP contribution is 2.21. The maximum atomic E-state index is 12.4. The molecule has 0 unspecified atom stereocenters. The Balaban J connectivity index is 1.37. The fourth-order valence-corrected chi connectivity index (χ4v) is 4.40. The first-order chi connectivity index (χ1) is 13.9. The largest absolute Gasteiger partial charge is 0.368 e. The summed E-state index contributed by atoms with van der Waals surface area (Å²) in [4.78, 5) is 42.4. The molecule has 0 bridgehead atoms. The third kappa shape index (κ3) is 6.15. The summed E-state index contributed by atoms with van der Waals surface area (Å²) in [5, 5.41) is 0.701. The predicted octanol–water partition coefficient (Wildman–Crippen LogP) is 4.37. The molecule has 2 aromatic rings. The van der Waals surface area contributed by atoms with Crippen LogP contribution < -0.4 is 4.90 Å².